The van der Waals surface area contributed by atoms with Gasteiger partial charge in [0.25, 0.3) is 5.91 Å². The number of benzene rings is 1. The first-order chi connectivity index (χ1) is 11.0. The number of hydrogen-bond acceptors (Lipinski definition) is 4. The number of urea groups is 1. The van der Waals surface area contributed by atoms with Crippen molar-refractivity contribution in [1.29, 1.82) is 0 Å². The average Bonchev–Trinajstić information content (AvgIpc) is 3.07. The van der Waals surface area contributed by atoms with Crippen molar-refractivity contribution in [2.45, 2.75) is 18.4 Å². The van der Waals surface area contributed by atoms with Gasteiger partial charge in [-0.15, -0.1) is 5.10 Å². The molecule has 7 nitrogen and oxygen atoms in total. The Balaban J connectivity index is 1.67. The summed E-state index contributed by atoms with van der Waals surface area (Å²) in [6, 6.07) is 5.38. The highest BCUT2D eigenvalue weighted by Crippen LogP contribution is 2.41. The van der Waals surface area contributed by atoms with Gasteiger partial charge in [0.15, 0.2) is 17.4 Å². The van der Waals surface area contributed by atoms with Crippen LogP contribution < -0.4 is 15.0 Å². The second-order valence-corrected chi connectivity index (χ2v) is 5.59. The maximum absolute atomic E-state index is 13.5. The van der Waals surface area contributed by atoms with Gasteiger partial charge in [0.2, 0.25) is 0 Å². The molecule has 1 spiro atoms. The number of anilines is 1. The van der Waals surface area contributed by atoms with Gasteiger partial charge in [-0.05, 0) is 25.0 Å². The molecule has 1 aliphatic carbocycles. The van der Waals surface area contributed by atoms with Crippen molar-refractivity contribution in [3.63, 3.8) is 0 Å². The molecule has 4 rings (SSSR count). The van der Waals surface area contributed by atoms with Gasteiger partial charge >= 0.3 is 6.03 Å². The summed E-state index contributed by atoms with van der Waals surface area (Å²) in [6.45, 7) is 0. The molecule has 118 valence electrons. The summed E-state index contributed by atoms with van der Waals surface area (Å²) >= 11 is 0. The smallest absolute Gasteiger partial charge is 0.330 e. The molecule has 0 unspecified atom stereocenters. The van der Waals surface area contributed by atoms with E-state index in [0.29, 0.717) is 18.5 Å². The van der Waals surface area contributed by atoms with E-state index in [1.807, 2.05) is 0 Å². The van der Waals surface area contributed by atoms with Gasteiger partial charge in [-0.1, -0.05) is 0 Å². The van der Waals surface area contributed by atoms with E-state index in [2.05, 4.69) is 10.4 Å². The van der Waals surface area contributed by atoms with Crippen LogP contribution in [0.25, 0.3) is 5.69 Å². The number of halogens is 1. The van der Waals surface area contributed by atoms with Crippen molar-refractivity contribution in [3.05, 3.63) is 36.3 Å². The summed E-state index contributed by atoms with van der Waals surface area (Å²) in [5.74, 6) is -0.427. The quantitative estimate of drug-likeness (QED) is 0.873. The molecule has 2 aliphatic rings. The van der Waals surface area contributed by atoms with E-state index in [1.165, 1.54) is 30.0 Å². The number of amides is 3. The van der Waals surface area contributed by atoms with Crippen LogP contribution in [0.2, 0.25) is 0 Å². The molecule has 1 saturated carbocycles. The van der Waals surface area contributed by atoms with Crippen LogP contribution >= 0.6 is 0 Å². The van der Waals surface area contributed by atoms with Crippen molar-refractivity contribution in [3.8, 4) is 11.4 Å². The van der Waals surface area contributed by atoms with Crippen LogP contribution in [0.4, 0.5) is 15.0 Å². The van der Waals surface area contributed by atoms with E-state index in [-0.39, 0.29) is 17.5 Å². The summed E-state index contributed by atoms with van der Waals surface area (Å²) < 4.78 is 19.9. The topological polar surface area (TPSA) is 76.5 Å². The zero-order valence-electron chi connectivity index (χ0n) is 12.2. The minimum absolute atomic E-state index is 0.0893. The van der Waals surface area contributed by atoms with E-state index >= 15 is 0 Å². The number of nitrogens with zero attached hydrogens (tertiary/aromatic N) is 3. The minimum Gasteiger partial charge on any atom is -0.494 e. The normalized spacial score (nSPS) is 18.4. The van der Waals surface area contributed by atoms with Gasteiger partial charge in [-0.25, -0.2) is 18.8 Å². The van der Waals surface area contributed by atoms with Crippen LogP contribution in [0.3, 0.4) is 0 Å². The highest BCUT2D eigenvalue weighted by Gasteiger charge is 2.60. The van der Waals surface area contributed by atoms with Crippen molar-refractivity contribution in [2.24, 2.45) is 0 Å². The predicted molar refractivity (Wildman–Crippen MR) is 78.1 cm³/mol. The third kappa shape index (κ3) is 1.98. The Hall–Kier alpha value is -2.90. The Morgan fingerprint density at radius 1 is 1.30 bits per heavy atom. The molecular formula is C15H13FN4O3. The summed E-state index contributed by atoms with van der Waals surface area (Å²) in [7, 11) is 1.37. The largest absolute Gasteiger partial charge is 0.494 e. The van der Waals surface area contributed by atoms with E-state index < -0.39 is 17.4 Å². The molecule has 2 aromatic rings. The lowest BCUT2D eigenvalue weighted by Gasteiger charge is -2.09. The number of aromatic nitrogens is 2. The zero-order chi connectivity index (χ0) is 16.2. The van der Waals surface area contributed by atoms with E-state index in [0.717, 1.165) is 4.90 Å². The van der Waals surface area contributed by atoms with Crippen molar-refractivity contribution < 1.29 is 18.7 Å². The number of rotatable bonds is 3. The summed E-state index contributed by atoms with van der Waals surface area (Å²) in [5.41, 5.74) is -0.164. The fourth-order valence-corrected chi connectivity index (χ4v) is 2.66. The molecule has 2 fully saturated rings. The third-order valence-corrected chi connectivity index (χ3v) is 4.12. The standard InChI is InChI=1S/C15H13FN4O3/c1-23-11-8-9(2-3-10(11)16)19-7-4-12(18-19)20-13(21)15(5-6-15)17-14(20)22/h2-4,7-8H,5-6H2,1H3,(H,17,22). The monoisotopic (exact) mass is 316 g/mol. The van der Waals surface area contributed by atoms with E-state index in [1.54, 1.807) is 12.3 Å². The summed E-state index contributed by atoms with van der Waals surface area (Å²) in [4.78, 5) is 25.4. The maximum atomic E-state index is 13.5. The van der Waals surface area contributed by atoms with Crippen molar-refractivity contribution >= 4 is 17.8 Å². The van der Waals surface area contributed by atoms with Crippen LogP contribution in [-0.2, 0) is 4.79 Å². The Morgan fingerprint density at radius 3 is 2.74 bits per heavy atom. The molecule has 2 heterocycles. The molecule has 0 atom stereocenters. The number of carbonyl (C=O) groups excluding carboxylic acids is 2. The number of hydrogen-bond donors (Lipinski definition) is 1. The van der Waals surface area contributed by atoms with Gasteiger partial charge in [0.05, 0.1) is 12.8 Å². The Labute approximate surface area is 130 Å². The number of carbonyl (C=O) groups is 2. The number of nitrogens with one attached hydrogen (secondary N) is 1. The highest BCUT2D eigenvalue weighted by molar-refractivity contribution is 6.24. The fraction of sp³-hybridized carbons (Fsp3) is 0.267. The lowest BCUT2D eigenvalue weighted by atomic mass is 10.3. The first kappa shape index (κ1) is 13.7. The second-order valence-electron chi connectivity index (χ2n) is 5.59. The van der Waals surface area contributed by atoms with Gasteiger partial charge in [-0.3, -0.25) is 4.79 Å². The number of methoxy groups -OCH3 is 1. The van der Waals surface area contributed by atoms with Crippen molar-refractivity contribution in [2.75, 3.05) is 12.0 Å². The van der Waals surface area contributed by atoms with Gasteiger partial charge < -0.3 is 10.1 Å². The van der Waals surface area contributed by atoms with Gasteiger partial charge in [0, 0.05) is 18.3 Å². The van der Waals surface area contributed by atoms with Crippen molar-refractivity contribution in [1.82, 2.24) is 15.1 Å². The fourth-order valence-electron chi connectivity index (χ4n) is 2.66. The molecule has 1 aromatic carbocycles. The van der Waals surface area contributed by atoms with Crippen LogP contribution in [0.15, 0.2) is 30.5 Å². The first-order valence-electron chi connectivity index (χ1n) is 7.10. The third-order valence-electron chi connectivity index (χ3n) is 4.12. The maximum Gasteiger partial charge on any atom is 0.330 e. The SMILES string of the molecule is COc1cc(-n2ccc(N3C(=O)NC4(CC4)C3=O)n2)ccc1F. The van der Waals surface area contributed by atoms with Crippen LogP contribution in [-0.4, -0.2) is 34.4 Å². The summed E-state index contributed by atoms with van der Waals surface area (Å²) in [6.07, 6.45) is 2.91. The predicted octanol–water partition coefficient (Wildman–Crippen LogP) is 1.61. The molecule has 1 aliphatic heterocycles. The lowest BCUT2D eigenvalue weighted by Crippen LogP contribution is -2.32. The minimum atomic E-state index is -0.722. The molecule has 1 aromatic heterocycles. The van der Waals surface area contributed by atoms with Crippen LogP contribution in [0.5, 0.6) is 5.75 Å². The van der Waals surface area contributed by atoms with E-state index in [9.17, 15) is 14.0 Å². The number of ether oxygens (including phenoxy) is 1. The lowest BCUT2D eigenvalue weighted by molar-refractivity contribution is -0.119. The first-order valence-corrected chi connectivity index (χ1v) is 7.10. The number of imide groups is 1. The average molecular weight is 316 g/mol. The Kier molecular flexibility index (Phi) is 2.72. The molecule has 8 heteroatoms. The molecular weight excluding hydrogens is 303 g/mol. The van der Waals surface area contributed by atoms with Crippen LogP contribution in [0.1, 0.15) is 12.8 Å². The molecule has 0 bridgehead atoms. The molecule has 23 heavy (non-hydrogen) atoms. The molecule has 3 amide bonds. The Morgan fingerprint density at radius 2 is 2.09 bits per heavy atom. The van der Waals surface area contributed by atoms with Gasteiger partial charge in [-0.2, -0.15) is 0 Å². The summed E-state index contributed by atoms with van der Waals surface area (Å²) in [5, 5.41) is 6.94. The van der Waals surface area contributed by atoms with Crippen LogP contribution in [0, 0.1) is 5.82 Å². The Bertz CT molecular complexity index is 828. The molecule has 0 radical (unpaired) electrons. The highest BCUT2D eigenvalue weighted by atomic mass is 19.1. The molecule has 1 saturated heterocycles. The van der Waals surface area contributed by atoms with Gasteiger partial charge in [0.1, 0.15) is 5.54 Å². The molecule has 1 N–H and O–H groups in total. The zero-order valence-corrected chi connectivity index (χ0v) is 12.2. The second kappa shape index (κ2) is 4.55. The van der Waals surface area contributed by atoms with E-state index in [4.69, 9.17) is 4.74 Å².